The van der Waals surface area contributed by atoms with Crippen LogP contribution in [0.25, 0.3) is 10.6 Å². The van der Waals surface area contributed by atoms with Crippen LogP contribution < -0.4 is 15.4 Å². The molecule has 0 unspecified atom stereocenters. The van der Waals surface area contributed by atoms with Crippen LogP contribution in [0.1, 0.15) is 30.8 Å². The number of methoxy groups -OCH3 is 1. The highest BCUT2D eigenvalue weighted by Crippen LogP contribution is 2.25. The third-order valence-corrected chi connectivity index (χ3v) is 4.26. The van der Waals surface area contributed by atoms with E-state index >= 15 is 0 Å². The van der Waals surface area contributed by atoms with E-state index in [-0.39, 0.29) is 11.8 Å². The Kier molecular flexibility index (Phi) is 6.31. The van der Waals surface area contributed by atoms with E-state index in [4.69, 9.17) is 4.74 Å². The summed E-state index contributed by atoms with van der Waals surface area (Å²) in [6.45, 7) is 4.22. The lowest BCUT2D eigenvalue weighted by molar-refractivity contribution is -0.122. The Hall–Kier alpha value is -2.41. The summed E-state index contributed by atoms with van der Waals surface area (Å²) in [5, 5.41) is 7.84. The van der Waals surface area contributed by atoms with Crippen molar-refractivity contribution in [2.45, 2.75) is 26.3 Å². The second-order valence-corrected chi connectivity index (χ2v) is 6.11. The Balaban J connectivity index is 2.01. The van der Waals surface area contributed by atoms with Crippen molar-refractivity contribution in [2.75, 3.05) is 13.7 Å². The highest BCUT2D eigenvalue weighted by Gasteiger charge is 2.18. The summed E-state index contributed by atoms with van der Waals surface area (Å²) in [7, 11) is 1.61. The predicted octanol–water partition coefficient (Wildman–Crippen LogP) is 2.46. The number of aromatic nitrogens is 1. The average molecular weight is 347 g/mol. The van der Waals surface area contributed by atoms with E-state index in [0.717, 1.165) is 22.7 Å². The van der Waals surface area contributed by atoms with Gasteiger partial charge in [0, 0.05) is 17.5 Å². The molecule has 1 aromatic carbocycles. The van der Waals surface area contributed by atoms with Crippen LogP contribution in [0.3, 0.4) is 0 Å². The first-order valence-corrected chi connectivity index (χ1v) is 8.61. The van der Waals surface area contributed by atoms with E-state index in [1.54, 1.807) is 19.4 Å². The van der Waals surface area contributed by atoms with Gasteiger partial charge in [-0.15, -0.1) is 11.3 Å². The molecule has 2 amide bonds. The van der Waals surface area contributed by atoms with Gasteiger partial charge in [0.1, 0.15) is 22.5 Å². The maximum absolute atomic E-state index is 12.2. The van der Waals surface area contributed by atoms with Gasteiger partial charge in [-0.1, -0.05) is 6.92 Å². The van der Waals surface area contributed by atoms with Crippen molar-refractivity contribution < 1.29 is 14.3 Å². The van der Waals surface area contributed by atoms with Gasteiger partial charge in [0.15, 0.2) is 0 Å². The van der Waals surface area contributed by atoms with Crippen molar-refractivity contribution in [1.82, 2.24) is 15.6 Å². The number of hydrogen-bond donors (Lipinski definition) is 2. The Labute approximate surface area is 145 Å². The number of carbonyl (C=O) groups excluding carboxylic acids is 2. The molecular weight excluding hydrogens is 326 g/mol. The SMILES string of the molecule is CCCNC(=O)[C@@H](C)NC(=O)c1csc(-c2ccc(OC)cc2)n1. The molecule has 0 bridgehead atoms. The molecule has 128 valence electrons. The average Bonchev–Trinajstić information content (AvgIpc) is 3.09. The fourth-order valence-electron chi connectivity index (χ4n) is 1.98. The van der Waals surface area contributed by atoms with Crippen LogP contribution in [0.5, 0.6) is 5.75 Å². The Morgan fingerprint density at radius 3 is 2.62 bits per heavy atom. The van der Waals surface area contributed by atoms with Crippen molar-refractivity contribution >= 4 is 23.2 Å². The number of carbonyl (C=O) groups is 2. The minimum atomic E-state index is -0.602. The maximum atomic E-state index is 12.2. The third-order valence-electron chi connectivity index (χ3n) is 3.36. The number of amides is 2. The lowest BCUT2D eigenvalue weighted by atomic mass is 10.2. The monoisotopic (exact) mass is 347 g/mol. The zero-order valence-corrected chi connectivity index (χ0v) is 14.8. The molecule has 0 fully saturated rings. The standard InChI is InChI=1S/C17H21N3O3S/c1-4-9-18-15(21)11(2)19-16(22)14-10-24-17(20-14)12-5-7-13(23-3)8-6-12/h5-8,10-11H,4,9H2,1-3H3,(H,18,21)(H,19,22)/t11-/m1/s1. The molecule has 6 nitrogen and oxygen atoms in total. The lowest BCUT2D eigenvalue weighted by Gasteiger charge is -2.12. The van der Waals surface area contributed by atoms with E-state index in [1.165, 1.54) is 11.3 Å². The quantitative estimate of drug-likeness (QED) is 0.806. The van der Waals surface area contributed by atoms with Crippen LogP contribution in [0.15, 0.2) is 29.6 Å². The van der Waals surface area contributed by atoms with Crippen LogP contribution in [0.2, 0.25) is 0 Å². The summed E-state index contributed by atoms with van der Waals surface area (Å²) in [4.78, 5) is 28.4. The fraction of sp³-hybridized carbons (Fsp3) is 0.353. The van der Waals surface area contributed by atoms with Gasteiger partial charge < -0.3 is 15.4 Å². The van der Waals surface area contributed by atoms with Crippen LogP contribution in [-0.4, -0.2) is 36.5 Å². The number of nitrogens with zero attached hydrogens (tertiary/aromatic N) is 1. The Morgan fingerprint density at radius 1 is 1.29 bits per heavy atom. The van der Waals surface area contributed by atoms with Crippen molar-refractivity contribution in [3.63, 3.8) is 0 Å². The van der Waals surface area contributed by atoms with Gasteiger partial charge in [0.25, 0.3) is 5.91 Å². The topological polar surface area (TPSA) is 80.3 Å². The van der Waals surface area contributed by atoms with Gasteiger partial charge in [0.2, 0.25) is 5.91 Å². The van der Waals surface area contributed by atoms with E-state index in [1.807, 2.05) is 31.2 Å². The number of benzene rings is 1. The first-order chi connectivity index (χ1) is 11.5. The number of nitrogens with one attached hydrogen (secondary N) is 2. The molecule has 0 aliphatic heterocycles. The second kappa shape index (κ2) is 8.44. The highest BCUT2D eigenvalue weighted by molar-refractivity contribution is 7.13. The predicted molar refractivity (Wildman–Crippen MR) is 94.3 cm³/mol. The number of hydrogen-bond acceptors (Lipinski definition) is 5. The van der Waals surface area contributed by atoms with Crippen molar-refractivity contribution in [3.8, 4) is 16.3 Å². The molecular formula is C17H21N3O3S. The Bertz CT molecular complexity index is 697. The van der Waals surface area contributed by atoms with E-state index in [9.17, 15) is 9.59 Å². The molecule has 0 radical (unpaired) electrons. The zero-order chi connectivity index (χ0) is 17.5. The summed E-state index contributed by atoms with van der Waals surface area (Å²) in [5.41, 5.74) is 1.22. The summed E-state index contributed by atoms with van der Waals surface area (Å²) in [6, 6.07) is 6.86. The van der Waals surface area contributed by atoms with Crippen molar-refractivity contribution in [3.05, 3.63) is 35.3 Å². The molecule has 24 heavy (non-hydrogen) atoms. The van der Waals surface area contributed by atoms with Gasteiger partial charge in [-0.2, -0.15) is 0 Å². The lowest BCUT2D eigenvalue weighted by Crippen LogP contribution is -2.45. The molecule has 0 aliphatic rings. The number of ether oxygens (including phenoxy) is 1. The van der Waals surface area contributed by atoms with Crippen LogP contribution in [0.4, 0.5) is 0 Å². The smallest absolute Gasteiger partial charge is 0.271 e. The summed E-state index contributed by atoms with van der Waals surface area (Å²) >= 11 is 1.38. The molecule has 2 rings (SSSR count). The maximum Gasteiger partial charge on any atom is 0.271 e. The molecule has 1 atom stereocenters. The summed E-state index contributed by atoms with van der Waals surface area (Å²) < 4.78 is 5.12. The van der Waals surface area contributed by atoms with Crippen molar-refractivity contribution in [2.24, 2.45) is 0 Å². The molecule has 2 aromatic rings. The molecule has 0 aliphatic carbocycles. The van der Waals surface area contributed by atoms with Gasteiger partial charge in [0.05, 0.1) is 7.11 Å². The largest absolute Gasteiger partial charge is 0.497 e. The molecule has 0 saturated carbocycles. The fourth-order valence-corrected chi connectivity index (χ4v) is 2.79. The molecule has 0 spiro atoms. The van der Waals surface area contributed by atoms with Gasteiger partial charge in [-0.25, -0.2) is 4.98 Å². The molecule has 0 saturated heterocycles. The van der Waals surface area contributed by atoms with Crippen LogP contribution >= 0.6 is 11.3 Å². The van der Waals surface area contributed by atoms with Crippen LogP contribution in [0, 0.1) is 0 Å². The van der Waals surface area contributed by atoms with E-state index in [0.29, 0.717) is 12.2 Å². The second-order valence-electron chi connectivity index (χ2n) is 5.25. The minimum absolute atomic E-state index is 0.198. The summed E-state index contributed by atoms with van der Waals surface area (Å²) in [5.74, 6) is 0.209. The number of thiazole rings is 1. The molecule has 2 N–H and O–H groups in total. The van der Waals surface area contributed by atoms with E-state index < -0.39 is 6.04 Å². The molecule has 7 heteroatoms. The Morgan fingerprint density at radius 2 is 2.00 bits per heavy atom. The normalized spacial score (nSPS) is 11.6. The molecule has 1 aromatic heterocycles. The van der Waals surface area contributed by atoms with Gasteiger partial charge in [-0.3, -0.25) is 9.59 Å². The van der Waals surface area contributed by atoms with Gasteiger partial charge in [-0.05, 0) is 37.6 Å². The third kappa shape index (κ3) is 4.55. The van der Waals surface area contributed by atoms with Crippen molar-refractivity contribution in [1.29, 1.82) is 0 Å². The molecule has 1 heterocycles. The first kappa shape index (κ1) is 17.9. The highest BCUT2D eigenvalue weighted by atomic mass is 32.1. The summed E-state index contributed by atoms with van der Waals surface area (Å²) in [6.07, 6.45) is 0.851. The van der Waals surface area contributed by atoms with Gasteiger partial charge >= 0.3 is 0 Å². The van der Waals surface area contributed by atoms with E-state index in [2.05, 4.69) is 15.6 Å². The zero-order valence-electron chi connectivity index (χ0n) is 14.0. The van der Waals surface area contributed by atoms with Crippen LogP contribution in [-0.2, 0) is 4.79 Å². The number of rotatable bonds is 7. The first-order valence-electron chi connectivity index (χ1n) is 7.73. The minimum Gasteiger partial charge on any atom is -0.497 e.